The molecule has 180 valence electrons. The zero-order valence-corrected chi connectivity index (χ0v) is 20.2. The van der Waals surface area contributed by atoms with Crippen LogP contribution in [0.5, 0.6) is 11.5 Å². The molecule has 0 N–H and O–H groups in total. The number of benzene rings is 4. The lowest BCUT2D eigenvalue weighted by Crippen LogP contribution is -2.38. The number of Topliss-reactive ketones (excluding diaryl/α,β-unsaturated/α-hetero) is 1. The Morgan fingerprint density at radius 3 is 2.03 bits per heavy atom. The average molecular weight is 478 g/mol. The Hall–Kier alpha value is -4.58. The number of methoxy groups -OCH3 is 1. The van der Waals surface area contributed by atoms with Crippen molar-refractivity contribution in [2.45, 2.75) is 19.7 Å². The van der Waals surface area contributed by atoms with Crippen LogP contribution in [0.4, 0.5) is 11.4 Å². The molecule has 1 aliphatic rings. The Bertz CT molecular complexity index is 1360. The van der Waals surface area contributed by atoms with E-state index in [9.17, 15) is 4.79 Å². The van der Waals surface area contributed by atoms with Gasteiger partial charge in [0.25, 0.3) is 0 Å². The van der Waals surface area contributed by atoms with E-state index in [2.05, 4.69) is 0 Å². The Labute approximate surface area is 211 Å². The summed E-state index contributed by atoms with van der Waals surface area (Å²) in [5, 5.41) is 6.69. The van der Waals surface area contributed by atoms with Crippen molar-refractivity contribution >= 4 is 23.0 Å². The molecule has 4 aromatic rings. The SMILES string of the molecule is COc1cccc(C2N(c3ccccc3)N=C(C(C)=O)N2c2ccccc2)c1OCc1ccccc1. The average Bonchev–Trinajstić information content (AvgIpc) is 3.34. The first-order chi connectivity index (χ1) is 17.7. The first-order valence-electron chi connectivity index (χ1n) is 11.8. The van der Waals surface area contributed by atoms with Crippen LogP contribution in [-0.2, 0) is 11.4 Å². The third kappa shape index (κ3) is 4.53. The fraction of sp³-hybridized carbons (Fsp3) is 0.133. The molecule has 5 rings (SSSR count). The van der Waals surface area contributed by atoms with Gasteiger partial charge in [0.2, 0.25) is 0 Å². The molecule has 1 atom stereocenters. The van der Waals surface area contributed by atoms with Crippen molar-refractivity contribution in [3.63, 3.8) is 0 Å². The number of hydrogen-bond donors (Lipinski definition) is 0. The molecule has 1 heterocycles. The molecule has 0 radical (unpaired) electrons. The first-order valence-corrected chi connectivity index (χ1v) is 11.8. The lowest BCUT2D eigenvalue weighted by molar-refractivity contribution is -0.111. The van der Waals surface area contributed by atoms with E-state index in [0.29, 0.717) is 23.9 Å². The third-order valence-electron chi connectivity index (χ3n) is 6.01. The lowest BCUT2D eigenvalue weighted by atomic mass is 10.1. The van der Waals surface area contributed by atoms with Crippen molar-refractivity contribution in [2.75, 3.05) is 17.0 Å². The summed E-state index contributed by atoms with van der Waals surface area (Å²) >= 11 is 0. The molecule has 0 aromatic heterocycles. The minimum atomic E-state index is -0.477. The summed E-state index contributed by atoms with van der Waals surface area (Å²) in [6.07, 6.45) is -0.477. The van der Waals surface area contributed by atoms with Crippen LogP contribution in [-0.4, -0.2) is 18.7 Å². The monoisotopic (exact) mass is 477 g/mol. The molecule has 0 saturated heterocycles. The van der Waals surface area contributed by atoms with Gasteiger partial charge in [-0.15, -0.1) is 5.10 Å². The van der Waals surface area contributed by atoms with E-state index in [1.807, 2.05) is 119 Å². The maximum Gasteiger partial charge on any atom is 0.198 e. The Morgan fingerprint density at radius 2 is 1.42 bits per heavy atom. The van der Waals surface area contributed by atoms with E-state index >= 15 is 0 Å². The van der Waals surface area contributed by atoms with Gasteiger partial charge in [0.1, 0.15) is 6.61 Å². The summed E-state index contributed by atoms with van der Waals surface area (Å²) in [5.74, 6) is 1.44. The van der Waals surface area contributed by atoms with E-state index in [1.54, 1.807) is 14.0 Å². The molecule has 1 unspecified atom stereocenters. The van der Waals surface area contributed by atoms with E-state index < -0.39 is 6.17 Å². The molecule has 1 aliphatic heterocycles. The van der Waals surface area contributed by atoms with Crippen molar-refractivity contribution in [2.24, 2.45) is 5.10 Å². The van der Waals surface area contributed by atoms with Gasteiger partial charge in [0.05, 0.1) is 12.8 Å². The number of amidine groups is 1. The van der Waals surface area contributed by atoms with Gasteiger partial charge < -0.3 is 9.47 Å². The highest BCUT2D eigenvalue weighted by Gasteiger charge is 2.41. The molecule has 0 spiro atoms. The standard InChI is InChI=1S/C30H27N3O3/c1-22(34)29-31-33(25-17-10-5-11-18-25)30(32(29)24-15-8-4-9-16-24)26-19-12-20-27(35-2)28(26)36-21-23-13-6-3-7-14-23/h3-20,30H,21H2,1-2H3. The molecule has 0 bridgehead atoms. The second-order valence-electron chi connectivity index (χ2n) is 8.39. The summed E-state index contributed by atoms with van der Waals surface area (Å²) in [5.41, 5.74) is 3.59. The van der Waals surface area contributed by atoms with Gasteiger partial charge in [-0.3, -0.25) is 9.69 Å². The molecular formula is C30H27N3O3. The number of rotatable bonds is 8. The Kier molecular flexibility index (Phi) is 6.67. The first kappa shape index (κ1) is 23.2. The number of anilines is 2. The van der Waals surface area contributed by atoms with Gasteiger partial charge >= 0.3 is 0 Å². The maximum atomic E-state index is 12.8. The molecular weight excluding hydrogens is 450 g/mol. The van der Waals surface area contributed by atoms with Gasteiger partial charge in [-0.05, 0) is 35.9 Å². The summed E-state index contributed by atoms with van der Waals surface area (Å²) < 4.78 is 12.1. The second kappa shape index (κ2) is 10.4. The van der Waals surface area contributed by atoms with E-state index in [0.717, 1.165) is 22.5 Å². The van der Waals surface area contributed by atoms with E-state index in [1.165, 1.54) is 0 Å². The number of carbonyl (C=O) groups excluding carboxylic acids is 1. The van der Waals surface area contributed by atoms with Crippen LogP contribution in [0.25, 0.3) is 0 Å². The lowest BCUT2D eigenvalue weighted by Gasteiger charge is -2.33. The molecule has 0 fully saturated rings. The van der Waals surface area contributed by atoms with Crippen molar-refractivity contribution in [3.05, 3.63) is 120 Å². The zero-order valence-electron chi connectivity index (χ0n) is 20.2. The smallest absolute Gasteiger partial charge is 0.198 e. The quantitative estimate of drug-likeness (QED) is 0.302. The van der Waals surface area contributed by atoms with Crippen LogP contribution >= 0.6 is 0 Å². The topological polar surface area (TPSA) is 54.4 Å². The van der Waals surface area contributed by atoms with E-state index in [-0.39, 0.29) is 5.78 Å². The summed E-state index contributed by atoms with van der Waals surface area (Å²) in [6, 6.07) is 35.4. The van der Waals surface area contributed by atoms with Crippen LogP contribution in [0, 0.1) is 0 Å². The van der Waals surface area contributed by atoms with Crippen molar-refractivity contribution in [1.29, 1.82) is 0 Å². The molecule has 36 heavy (non-hydrogen) atoms. The molecule has 0 amide bonds. The van der Waals surface area contributed by atoms with Crippen LogP contribution in [0.2, 0.25) is 0 Å². The largest absolute Gasteiger partial charge is 0.493 e. The number of nitrogens with zero attached hydrogens (tertiary/aromatic N) is 3. The normalized spacial score (nSPS) is 14.9. The predicted octanol–water partition coefficient (Wildman–Crippen LogP) is 6.20. The van der Waals surface area contributed by atoms with Gasteiger partial charge in [0.15, 0.2) is 29.3 Å². The van der Waals surface area contributed by atoms with Crippen molar-refractivity contribution in [1.82, 2.24) is 0 Å². The zero-order chi connectivity index (χ0) is 24.9. The minimum Gasteiger partial charge on any atom is -0.493 e. The van der Waals surface area contributed by atoms with E-state index in [4.69, 9.17) is 14.6 Å². The molecule has 0 aliphatic carbocycles. The van der Waals surface area contributed by atoms with Gasteiger partial charge in [-0.25, -0.2) is 5.01 Å². The van der Waals surface area contributed by atoms with Gasteiger partial charge in [-0.1, -0.05) is 78.9 Å². The predicted molar refractivity (Wildman–Crippen MR) is 142 cm³/mol. The maximum absolute atomic E-state index is 12.8. The molecule has 6 heteroatoms. The fourth-order valence-electron chi connectivity index (χ4n) is 4.35. The highest BCUT2D eigenvalue weighted by atomic mass is 16.5. The Morgan fingerprint density at radius 1 is 0.806 bits per heavy atom. The molecule has 4 aromatic carbocycles. The van der Waals surface area contributed by atoms with Crippen molar-refractivity contribution < 1.29 is 14.3 Å². The number of hydrogen-bond acceptors (Lipinski definition) is 6. The second-order valence-corrected chi connectivity index (χ2v) is 8.39. The number of ether oxygens (including phenoxy) is 2. The van der Waals surface area contributed by atoms with Crippen LogP contribution < -0.4 is 19.4 Å². The molecule has 6 nitrogen and oxygen atoms in total. The summed E-state index contributed by atoms with van der Waals surface area (Å²) in [6.45, 7) is 1.91. The minimum absolute atomic E-state index is 0.128. The third-order valence-corrected chi connectivity index (χ3v) is 6.01. The van der Waals surface area contributed by atoms with Gasteiger partial charge in [0, 0.05) is 18.2 Å². The van der Waals surface area contributed by atoms with Crippen LogP contribution in [0.3, 0.4) is 0 Å². The highest BCUT2D eigenvalue weighted by molar-refractivity contribution is 6.44. The molecule has 0 saturated carbocycles. The van der Waals surface area contributed by atoms with Gasteiger partial charge in [-0.2, -0.15) is 0 Å². The van der Waals surface area contributed by atoms with Crippen LogP contribution in [0.1, 0.15) is 24.2 Å². The number of ketones is 1. The van der Waals surface area contributed by atoms with Crippen LogP contribution in [0.15, 0.2) is 114 Å². The number of carbonyl (C=O) groups is 1. The summed E-state index contributed by atoms with van der Waals surface area (Å²) in [4.78, 5) is 14.8. The highest BCUT2D eigenvalue weighted by Crippen LogP contribution is 2.45. The summed E-state index contributed by atoms with van der Waals surface area (Å²) in [7, 11) is 1.63. The van der Waals surface area contributed by atoms with Crippen molar-refractivity contribution in [3.8, 4) is 11.5 Å². The number of hydrazone groups is 1. The number of para-hydroxylation sites is 3. The fourth-order valence-corrected chi connectivity index (χ4v) is 4.35. The Balaban J connectivity index is 1.67.